The van der Waals surface area contributed by atoms with Crippen LogP contribution in [0.1, 0.15) is 18.4 Å². The Bertz CT molecular complexity index is 375. The number of nitrogens with one attached hydrogen (secondary N) is 2. The van der Waals surface area contributed by atoms with Gasteiger partial charge in [-0.25, -0.2) is 0 Å². The average molecular weight is 223 g/mol. The number of rotatable bonds is 3. The Labute approximate surface area is 94.6 Å². The van der Waals surface area contributed by atoms with Crippen LogP contribution in [0.4, 0.5) is 0 Å². The van der Waals surface area contributed by atoms with Crippen LogP contribution in [0.25, 0.3) is 0 Å². The zero-order valence-electron chi connectivity index (χ0n) is 9.62. The molecule has 1 fully saturated rings. The topological polar surface area (TPSA) is 67.2 Å². The molecule has 88 valence electrons. The van der Waals surface area contributed by atoms with E-state index in [0.717, 1.165) is 18.8 Å². The molecule has 1 saturated heterocycles. The lowest BCUT2D eigenvalue weighted by Crippen LogP contribution is -2.33. The Balaban J connectivity index is 1.83. The third-order valence-electron chi connectivity index (χ3n) is 2.97. The molecule has 2 rings (SSSR count). The number of carbonyl (C=O) groups excluding carboxylic acids is 1. The van der Waals surface area contributed by atoms with Crippen LogP contribution in [0.5, 0.6) is 0 Å². The Hall–Kier alpha value is -1.36. The van der Waals surface area contributed by atoms with Gasteiger partial charge in [0, 0.05) is 12.6 Å². The van der Waals surface area contributed by atoms with Crippen molar-refractivity contribution in [1.29, 1.82) is 0 Å². The quantitative estimate of drug-likeness (QED) is 0.781. The summed E-state index contributed by atoms with van der Waals surface area (Å²) in [5.41, 5.74) is 0.833. The smallest absolute Gasteiger partial charge is 0.225 e. The Morgan fingerprint density at radius 3 is 3.06 bits per heavy atom. The van der Waals surface area contributed by atoms with Crippen molar-refractivity contribution in [3.8, 4) is 0 Å². The molecule has 2 heterocycles. The second-order valence-corrected chi connectivity index (χ2v) is 4.39. The monoisotopic (exact) mass is 223 g/mol. The van der Waals surface area contributed by atoms with E-state index in [4.69, 9.17) is 4.52 Å². The van der Waals surface area contributed by atoms with Gasteiger partial charge in [0.1, 0.15) is 0 Å². The van der Waals surface area contributed by atoms with E-state index in [0.29, 0.717) is 18.2 Å². The van der Waals surface area contributed by atoms with Crippen LogP contribution >= 0.6 is 0 Å². The van der Waals surface area contributed by atoms with E-state index in [1.165, 1.54) is 0 Å². The highest BCUT2D eigenvalue weighted by molar-refractivity contribution is 5.79. The van der Waals surface area contributed by atoms with Gasteiger partial charge in [-0.3, -0.25) is 4.79 Å². The fraction of sp³-hybridized carbons (Fsp3) is 0.636. The van der Waals surface area contributed by atoms with Gasteiger partial charge >= 0.3 is 0 Å². The second kappa shape index (κ2) is 4.65. The summed E-state index contributed by atoms with van der Waals surface area (Å²) >= 11 is 0. The summed E-state index contributed by atoms with van der Waals surface area (Å²) in [4.78, 5) is 11.8. The predicted molar refractivity (Wildman–Crippen MR) is 58.6 cm³/mol. The standard InChI is InChI=1S/C11H17N3O2/c1-7-4-12-6-10(7)11(15)13-5-9-3-8(2)14-16-9/h3,7,10,12H,4-6H2,1-2H3,(H,13,15)/t7-,10-/m1/s1. The van der Waals surface area contributed by atoms with Crippen molar-refractivity contribution in [2.24, 2.45) is 11.8 Å². The Morgan fingerprint density at radius 1 is 1.69 bits per heavy atom. The molecule has 5 heteroatoms. The minimum Gasteiger partial charge on any atom is -0.359 e. The fourth-order valence-corrected chi connectivity index (χ4v) is 1.97. The van der Waals surface area contributed by atoms with Crippen LogP contribution in [0.15, 0.2) is 10.6 Å². The van der Waals surface area contributed by atoms with Gasteiger partial charge in [0.2, 0.25) is 5.91 Å². The number of hydrogen-bond donors (Lipinski definition) is 2. The first-order chi connectivity index (χ1) is 7.66. The van der Waals surface area contributed by atoms with Crippen molar-refractivity contribution in [2.75, 3.05) is 13.1 Å². The normalized spacial score (nSPS) is 24.6. The molecule has 1 amide bonds. The fourth-order valence-electron chi connectivity index (χ4n) is 1.97. The van der Waals surface area contributed by atoms with Crippen molar-refractivity contribution in [1.82, 2.24) is 15.8 Å². The maximum atomic E-state index is 11.8. The number of carbonyl (C=O) groups is 1. The molecule has 16 heavy (non-hydrogen) atoms. The minimum absolute atomic E-state index is 0.0732. The molecule has 0 radical (unpaired) electrons. The first-order valence-corrected chi connectivity index (χ1v) is 5.57. The number of aromatic nitrogens is 1. The predicted octanol–water partition coefficient (Wildman–Crippen LogP) is 0.455. The first kappa shape index (κ1) is 11.1. The molecular formula is C11H17N3O2. The molecule has 0 aromatic carbocycles. The molecule has 0 aliphatic carbocycles. The van der Waals surface area contributed by atoms with Crippen molar-refractivity contribution in [2.45, 2.75) is 20.4 Å². The molecule has 0 unspecified atom stereocenters. The largest absolute Gasteiger partial charge is 0.359 e. The van der Waals surface area contributed by atoms with Gasteiger partial charge in [-0.15, -0.1) is 0 Å². The van der Waals surface area contributed by atoms with E-state index < -0.39 is 0 Å². The van der Waals surface area contributed by atoms with E-state index in [2.05, 4.69) is 22.7 Å². The number of hydrogen-bond acceptors (Lipinski definition) is 4. The molecule has 1 aliphatic rings. The van der Waals surface area contributed by atoms with Gasteiger partial charge in [-0.1, -0.05) is 12.1 Å². The molecule has 1 aliphatic heterocycles. The Morgan fingerprint density at radius 2 is 2.50 bits per heavy atom. The lowest BCUT2D eigenvalue weighted by Gasteiger charge is -2.12. The molecule has 0 spiro atoms. The first-order valence-electron chi connectivity index (χ1n) is 5.57. The van der Waals surface area contributed by atoms with Crippen molar-refractivity contribution in [3.05, 3.63) is 17.5 Å². The lowest BCUT2D eigenvalue weighted by molar-refractivity contribution is -0.125. The zero-order chi connectivity index (χ0) is 11.5. The summed E-state index contributed by atoms with van der Waals surface area (Å²) in [5.74, 6) is 1.26. The van der Waals surface area contributed by atoms with Gasteiger partial charge in [0.25, 0.3) is 0 Å². The summed E-state index contributed by atoms with van der Waals surface area (Å²) in [6.45, 7) is 6.05. The maximum Gasteiger partial charge on any atom is 0.225 e. The molecule has 1 aromatic heterocycles. The summed E-state index contributed by atoms with van der Waals surface area (Å²) < 4.78 is 5.02. The van der Waals surface area contributed by atoms with Gasteiger partial charge in [0.05, 0.1) is 18.2 Å². The van der Waals surface area contributed by atoms with Crippen molar-refractivity contribution in [3.63, 3.8) is 0 Å². The maximum absolute atomic E-state index is 11.8. The van der Waals surface area contributed by atoms with Crippen LogP contribution in [-0.4, -0.2) is 24.2 Å². The lowest BCUT2D eigenvalue weighted by atomic mass is 9.97. The van der Waals surface area contributed by atoms with Gasteiger partial charge in [-0.2, -0.15) is 0 Å². The third kappa shape index (κ3) is 2.41. The van der Waals surface area contributed by atoms with Crippen LogP contribution in [0.2, 0.25) is 0 Å². The van der Waals surface area contributed by atoms with Crippen LogP contribution in [-0.2, 0) is 11.3 Å². The number of aryl methyl sites for hydroxylation is 1. The molecular weight excluding hydrogens is 206 g/mol. The highest BCUT2D eigenvalue weighted by Gasteiger charge is 2.29. The summed E-state index contributed by atoms with van der Waals surface area (Å²) in [6.07, 6.45) is 0. The molecule has 5 nitrogen and oxygen atoms in total. The van der Waals surface area contributed by atoms with E-state index in [9.17, 15) is 4.79 Å². The third-order valence-corrected chi connectivity index (χ3v) is 2.97. The number of amides is 1. The van der Waals surface area contributed by atoms with E-state index in [1.54, 1.807) is 0 Å². The highest BCUT2D eigenvalue weighted by atomic mass is 16.5. The number of nitrogens with zero attached hydrogens (tertiary/aromatic N) is 1. The highest BCUT2D eigenvalue weighted by Crippen LogP contribution is 2.15. The van der Waals surface area contributed by atoms with Crippen LogP contribution in [0.3, 0.4) is 0 Å². The molecule has 0 bridgehead atoms. The van der Waals surface area contributed by atoms with Gasteiger partial charge in [0.15, 0.2) is 5.76 Å². The van der Waals surface area contributed by atoms with E-state index >= 15 is 0 Å². The Kier molecular flexibility index (Phi) is 3.24. The summed E-state index contributed by atoms with van der Waals surface area (Å²) in [6, 6.07) is 1.83. The van der Waals surface area contributed by atoms with Gasteiger partial charge in [-0.05, 0) is 19.4 Å². The average Bonchev–Trinajstić information content (AvgIpc) is 2.84. The van der Waals surface area contributed by atoms with Crippen molar-refractivity contribution >= 4 is 5.91 Å². The van der Waals surface area contributed by atoms with Crippen molar-refractivity contribution < 1.29 is 9.32 Å². The summed E-state index contributed by atoms with van der Waals surface area (Å²) in [5, 5.41) is 9.85. The van der Waals surface area contributed by atoms with E-state index in [1.807, 2.05) is 13.0 Å². The SMILES string of the molecule is Cc1cc(CNC(=O)[C@@H]2CNC[C@H]2C)on1. The van der Waals surface area contributed by atoms with Crippen LogP contribution < -0.4 is 10.6 Å². The summed E-state index contributed by atoms with van der Waals surface area (Å²) in [7, 11) is 0. The molecule has 1 aromatic rings. The minimum atomic E-state index is 0.0732. The second-order valence-electron chi connectivity index (χ2n) is 4.39. The molecule has 0 saturated carbocycles. The van der Waals surface area contributed by atoms with Gasteiger partial charge < -0.3 is 15.2 Å². The zero-order valence-corrected chi connectivity index (χ0v) is 9.62. The van der Waals surface area contributed by atoms with E-state index in [-0.39, 0.29) is 11.8 Å². The molecule has 2 N–H and O–H groups in total. The van der Waals surface area contributed by atoms with Crippen LogP contribution in [0, 0.1) is 18.8 Å². The molecule has 2 atom stereocenters.